The Morgan fingerprint density at radius 1 is 1.29 bits per heavy atom. The van der Waals surface area contributed by atoms with Crippen molar-refractivity contribution in [2.75, 3.05) is 13.1 Å². The number of nitrogens with zero attached hydrogens (tertiary/aromatic N) is 1. The summed E-state index contributed by atoms with van der Waals surface area (Å²) in [5, 5.41) is 1.62. The van der Waals surface area contributed by atoms with E-state index in [0.717, 1.165) is 19.4 Å². The van der Waals surface area contributed by atoms with E-state index in [0.29, 0.717) is 6.54 Å². The number of piperazine rings is 1. The maximum absolute atomic E-state index is 12.7. The molecule has 0 aromatic heterocycles. The lowest BCUT2D eigenvalue weighted by atomic mass is 9.52. The van der Waals surface area contributed by atoms with Gasteiger partial charge >= 0.3 is 6.09 Å². The Labute approximate surface area is 150 Å². The molecule has 0 aliphatic carbocycles. The maximum atomic E-state index is 12.7. The van der Waals surface area contributed by atoms with Gasteiger partial charge in [-0.1, -0.05) is 13.8 Å². The molecule has 0 saturated carbocycles. The summed E-state index contributed by atoms with van der Waals surface area (Å²) in [6.45, 7) is 12.7. The first-order chi connectivity index (χ1) is 10.9. The highest BCUT2D eigenvalue weighted by Crippen LogP contribution is 2.41. The molecule has 5 nitrogen and oxygen atoms in total. The molecule has 3 atom stereocenters. The highest BCUT2D eigenvalue weighted by atomic mass is 16.6. The molecule has 2 aliphatic rings. The molecule has 0 spiro atoms. The number of nitrogens with one attached hydrogen (secondary N) is 1. The molecule has 0 aromatic rings. The molecular formula is C16H29B3N2O3. The van der Waals surface area contributed by atoms with E-state index in [4.69, 9.17) is 33.0 Å². The Morgan fingerprint density at radius 2 is 1.88 bits per heavy atom. The molecule has 8 heteroatoms. The van der Waals surface area contributed by atoms with Crippen LogP contribution in [0.25, 0.3) is 0 Å². The molecule has 3 unspecified atom stereocenters. The van der Waals surface area contributed by atoms with E-state index in [1.54, 1.807) is 4.90 Å². The SMILES string of the molecule is CC.[B]C([B])([B])OC(C)C12CCC(CNC1)N2C(=O)OC(C)(C)C. The van der Waals surface area contributed by atoms with Crippen molar-refractivity contribution < 1.29 is 14.3 Å². The molecule has 2 bridgehead atoms. The van der Waals surface area contributed by atoms with Crippen LogP contribution in [-0.2, 0) is 9.47 Å². The molecule has 2 heterocycles. The lowest BCUT2D eigenvalue weighted by molar-refractivity contribution is -0.0764. The summed E-state index contributed by atoms with van der Waals surface area (Å²) in [6.07, 6.45) is 0.926. The van der Waals surface area contributed by atoms with Crippen LogP contribution in [0.15, 0.2) is 0 Å². The number of rotatable bonds is 3. The smallest absolute Gasteiger partial charge is 0.411 e. The van der Waals surface area contributed by atoms with Gasteiger partial charge in [-0.2, -0.15) is 0 Å². The maximum Gasteiger partial charge on any atom is 0.411 e. The van der Waals surface area contributed by atoms with Crippen molar-refractivity contribution in [3.63, 3.8) is 0 Å². The molecule has 1 N–H and O–H groups in total. The first kappa shape index (κ1) is 21.4. The number of carbonyl (C=O) groups is 1. The van der Waals surface area contributed by atoms with Crippen molar-refractivity contribution in [2.45, 2.75) is 83.0 Å². The van der Waals surface area contributed by atoms with E-state index in [2.05, 4.69) is 5.32 Å². The first-order valence-electron chi connectivity index (χ1n) is 8.72. The zero-order chi connectivity index (χ0) is 18.8. The molecule has 2 fully saturated rings. The van der Waals surface area contributed by atoms with Gasteiger partial charge < -0.3 is 14.8 Å². The van der Waals surface area contributed by atoms with E-state index in [9.17, 15) is 4.79 Å². The normalized spacial score (nSPS) is 27.9. The van der Waals surface area contributed by atoms with Gasteiger partial charge in [0.15, 0.2) is 0 Å². The lowest BCUT2D eigenvalue weighted by Crippen LogP contribution is -2.68. The van der Waals surface area contributed by atoms with Crippen LogP contribution in [0.4, 0.5) is 4.79 Å². The molecular weight excluding hydrogens is 301 g/mol. The van der Waals surface area contributed by atoms with Crippen LogP contribution >= 0.6 is 0 Å². The summed E-state index contributed by atoms with van der Waals surface area (Å²) in [4.78, 5) is 14.5. The standard InChI is InChI=1S/C14H23B3N2O3.C2H6/c1-9(21-14(15,16)17)13-6-5-10(7-18-8-13)19(13)11(20)22-12(2,3)4;1-2/h9-10,18H,5-8H2,1-4H3;1-2H3. The summed E-state index contributed by atoms with van der Waals surface area (Å²) >= 11 is 0. The van der Waals surface area contributed by atoms with Gasteiger partial charge in [0.05, 0.1) is 35.2 Å². The molecule has 2 aliphatic heterocycles. The molecule has 1 amide bonds. The minimum atomic E-state index is -1.73. The highest BCUT2D eigenvalue weighted by molar-refractivity contribution is 6.58. The first-order valence-corrected chi connectivity index (χ1v) is 8.72. The topological polar surface area (TPSA) is 50.8 Å². The predicted octanol–water partition coefficient (Wildman–Crippen LogP) is 1.28. The summed E-state index contributed by atoms with van der Waals surface area (Å²) in [7, 11) is 16.7. The van der Waals surface area contributed by atoms with E-state index in [1.165, 1.54) is 0 Å². The minimum absolute atomic E-state index is 0.0809. The molecule has 2 saturated heterocycles. The second-order valence-electron chi connectivity index (χ2n) is 7.39. The fraction of sp³-hybridized carbons (Fsp3) is 0.938. The van der Waals surface area contributed by atoms with Crippen LogP contribution in [0, 0.1) is 0 Å². The molecule has 2 rings (SSSR count). The third kappa shape index (κ3) is 4.95. The lowest BCUT2D eigenvalue weighted by Gasteiger charge is -2.49. The zero-order valence-electron chi connectivity index (χ0n) is 15.9. The summed E-state index contributed by atoms with van der Waals surface area (Å²) in [5.74, 6) is 0. The van der Waals surface area contributed by atoms with Crippen molar-refractivity contribution in [3.05, 3.63) is 0 Å². The Morgan fingerprint density at radius 3 is 2.38 bits per heavy atom. The van der Waals surface area contributed by atoms with Crippen LogP contribution in [0.5, 0.6) is 0 Å². The van der Waals surface area contributed by atoms with E-state index in [1.807, 2.05) is 41.5 Å². The average Bonchev–Trinajstić information content (AvgIpc) is 2.65. The number of carbonyl (C=O) groups excluding carboxylic acids is 1. The molecule has 6 radical (unpaired) electrons. The number of fused-ring (bicyclic) bond motifs is 2. The van der Waals surface area contributed by atoms with Crippen molar-refractivity contribution in [2.24, 2.45) is 0 Å². The van der Waals surface area contributed by atoms with Gasteiger partial charge in [0.2, 0.25) is 0 Å². The molecule has 24 heavy (non-hydrogen) atoms. The van der Waals surface area contributed by atoms with Crippen LogP contribution < -0.4 is 5.32 Å². The summed E-state index contributed by atoms with van der Waals surface area (Å²) < 4.78 is 11.1. The van der Waals surface area contributed by atoms with Gasteiger partial charge in [-0.25, -0.2) is 4.79 Å². The monoisotopic (exact) mass is 330 g/mol. The summed E-state index contributed by atoms with van der Waals surface area (Å²) in [5.41, 5.74) is -1.10. The average molecular weight is 330 g/mol. The van der Waals surface area contributed by atoms with Crippen molar-refractivity contribution in [1.29, 1.82) is 0 Å². The minimum Gasteiger partial charge on any atom is -0.444 e. The van der Waals surface area contributed by atoms with Crippen molar-refractivity contribution in [3.8, 4) is 0 Å². The van der Waals surface area contributed by atoms with Gasteiger partial charge in [0, 0.05) is 19.1 Å². The van der Waals surface area contributed by atoms with Crippen LogP contribution in [0.2, 0.25) is 0 Å². The third-order valence-corrected chi connectivity index (χ3v) is 4.29. The summed E-state index contributed by atoms with van der Waals surface area (Å²) in [6, 6.07) is 0.0809. The zero-order valence-corrected chi connectivity index (χ0v) is 15.9. The second kappa shape index (κ2) is 7.73. The number of ether oxygens (including phenoxy) is 2. The predicted molar refractivity (Wildman–Crippen MR) is 98.6 cm³/mol. The number of amides is 1. The van der Waals surface area contributed by atoms with Crippen molar-refractivity contribution in [1.82, 2.24) is 10.2 Å². The Balaban J connectivity index is 0.00000139. The quantitative estimate of drug-likeness (QED) is 0.792. The Hall–Kier alpha value is -0.615. The van der Waals surface area contributed by atoms with E-state index < -0.39 is 22.5 Å². The third-order valence-electron chi connectivity index (χ3n) is 4.29. The molecule has 0 aromatic carbocycles. The number of hydrogen-bond donors (Lipinski definition) is 1. The largest absolute Gasteiger partial charge is 0.444 e. The van der Waals surface area contributed by atoms with Gasteiger partial charge in [-0.05, 0) is 45.8 Å². The highest BCUT2D eigenvalue weighted by Gasteiger charge is 2.56. The van der Waals surface area contributed by atoms with Crippen LogP contribution in [-0.4, -0.2) is 76.2 Å². The van der Waals surface area contributed by atoms with E-state index in [-0.39, 0.29) is 12.1 Å². The fourth-order valence-corrected chi connectivity index (χ4v) is 3.45. The van der Waals surface area contributed by atoms with Crippen LogP contribution in [0.3, 0.4) is 0 Å². The van der Waals surface area contributed by atoms with Gasteiger partial charge in [0.1, 0.15) is 5.60 Å². The second-order valence-corrected chi connectivity index (χ2v) is 7.39. The fourth-order valence-electron chi connectivity index (χ4n) is 3.45. The number of hydrogen-bond acceptors (Lipinski definition) is 4. The molecule has 130 valence electrons. The van der Waals surface area contributed by atoms with Gasteiger partial charge in [0.25, 0.3) is 0 Å². The Kier molecular flexibility index (Phi) is 6.90. The van der Waals surface area contributed by atoms with Gasteiger partial charge in [-0.3, -0.25) is 4.90 Å². The van der Waals surface area contributed by atoms with Crippen molar-refractivity contribution >= 4 is 29.6 Å². The van der Waals surface area contributed by atoms with Crippen LogP contribution in [0.1, 0.15) is 54.4 Å². The van der Waals surface area contributed by atoms with E-state index >= 15 is 0 Å². The Bertz CT molecular complexity index is 433. The van der Waals surface area contributed by atoms with Gasteiger partial charge in [-0.15, -0.1) is 0 Å².